The van der Waals surface area contributed by atoms with Gasteiger partial charge in [0.05, 0.1) is 0 Å². The molecule has 0 spiro atoms. The molecule has 5 heteroatoms. The highest BCUT2D eigenvalue weighted by atomic mass is 32.1. The van der Waals surface area contributed by atoms with Crippen LogP contribution < -0.4 is 5.32 Å². The van der Waals surface area contributed by atoms with Crippen LogP contribution in [0.3, 0.4) is 0 Å². The zero-order valence-electron chi connectivity index (χ0n) is 14.1. The van der Waals surface area contributed by atoms with E-state index in [-0.39, 0.29) is 5.91 Å². The Morgan fingerprint density at radius 3 is 2.74 bits per heavy atom. The molecule has 4 nitrogen and oxygen atoms in total. The first kappa shape index (κ1) is 19.6. The molecule has 0 aliphatic heterocycles. The molecule has 0 unspecified atom stereocenters. The summed E-state index contributed by atoms with van der Waals surface area (Å²) in [6, 6.07) is 8.18. The van der Waals surface area contributed by atoms with E-state index in [1.165, 1.54) is 37.1 Å². The van der Waals surface area contributed by atoms with E-state index >= 15 is 0 Å². The third-order valence-corrected chi connectivity index (χ3v) is 3.77. The lowest BCUT2D eigenvalue weighted by molar-refractivity contribution is -0.118. The highest BCUT2D eigenvalue weighted by Crippen LogP contribution is 2.17. The average Bonchev–Trinajstić information content (AvgIpc) is 2.96. The van der Waals surface area contributed by atoms with Crippen LogP contribution in [0, 0.1) is 0 Å². The number of nitrogens with one attached hydrogen (secondary N) is 2. The van der Waals surface area contributed by atoms with E-state index < -0.39 is 0 Å². The molecule has 1 amide bonds. The molecule has 1 aromatic heterocycles. The number of carbonyl (C=O) groups is 1. The maximum atomic E-state index is 10.7. The Hall–Kier alpha value is -1.46. The second-order valence-electron chi connectivity index (χ2n) is 5.37. The number of aromatic nitrogens is 1. The van der Waals surface area contributed by atoms with E-state index in [1.54, 1.807) is 7.11 Å². The standard InChI is InChI=1S/C12H14N2O.C6H14OS/c1-9(15)13-7-6-10-8-14-12-5-3-2-4-11(10)12;1-7-5-3-2-4-6-8/h2-5,8,14H,6-7H2,1H3,(H,13,15);8H,2-6H2,1H3. The summed E-state index contributed by atoms with van der Waals surface area (Å²) < 4.78 is 4.86. The Morgan fingerprint density at radius 1 is 1.26 bits per heavy atom. The van der Waals surface area contributed by atoms with Crippen LogP contribution in [0.15, 0.2) is 30.5 Å². The van der Waals surface area contributed by atoms with Gasteiger partial charge in [-0.2, -0.15) is 12.6 Å². The van der Waals surface area contributed by atoms with Crippen molar-refractivity contribution >= 4 is 29.4 Å². The Bertz CT molecular complexity index is 563. The molecule has 1 aromatic carbocycles. The summed E-state index contributed by atoms with van der Waals surface area (Å²) >= 11 is 4.08. The number of hydrogen-bond donors (Lipinski definition) is 3. The van der Waals surface area contributed by atoms with Gasteiger partial charge in [0, 0.05) is 44.3 Å². The van der Waals surface area contributed by atoms with E-state index in [4.69, 9.17) is 4.74 Å². The van der Waals surface area contributed by atoms with E-state index in [1.807, 2.05) is 18.3 Å². The lowest BCUT2D eigenvalue weighted by Gasteiger charge is -2.00. The molecule has 0 aliphatic carbocycles. The van der Waals surface area contributed by atoms with Crippen molar-refractivity contribution in [3.8, 4) is 0 Å². The monoisotopic (exact) mass is 336 g/mol. The van der Waals surface area contributed by atoms with Gasteiger partial charge in [0.1, 0.15) is 0 Å². The van der Waals surface area contributed by atoms with Gasteiger partial charge in [-0.05, 0) is 36.6 Å². The van der Waals surface area contributed by atoms with Crippen LogP contribution in [0.25, 0.3) is 10.9 Å². The van der Waals surface area contributed by atoms with Gasteiger partial charge in [0.15, 0.2) is 0 Å². The molecular formula is C18H28N2O2S. The molecule has 2 N–H and O–H groups in total. The van der Waals surface area contributed by atoms with Crippen molar-refractivity contribution < 1.29 is 9.53 Å². The molecule has 128 valence electrons. The first-order chi connectivity index (χ1) is 11.2. The number of para-hydroxylation sites is 1. The number of H-pyrrole nitrogens is 1. The predicted octanol–water partition coefficient (Wildman–Crippen LogP) is 3.58. The lowest BCUT2D eigenvalue weighted by atomic mass is 10.1. The van der Waals surface area contributed by atoms with E-state index in [0.29, 0.717) is 6.54 Å². The van der Waals surface area contributed by atoms with Crippen LogP contribution in [0.5, 0.6) is 0 Å². The van der Waals surface area contributed by atoms with Crippen LogP contribution in [-0.2, 0) is 16.0 Å². The minimum atomic E-state index is 0.0230. The number of carbonyl (C=O) groups excluding carboxylic acids is 1. The lowest BCUT2D eigenvalue weighted by Crippen LogP contribution is -2.22. The molecule has 0 bridgehead atoms. The van der Waals surface area contributed by atoms with Gasteiger partial charge < -0.3 is 15.0 Å². The minimum absolute atomic E-state index is 0.0230. The zero-order chi connectivity index (χ0) is 16.9. The van der Waals surface area contributed by atoms with Gasteiger partial charge in [-0.1, -0.05) is 24.6 Å². The highest BCUT2D eigenvalue weighted by molar-refractivity contribution is 7.80. The van der Waals surface area contributed by atoms with Gasteiger partial charge in [-0.3, -0.25) is 4.79 Å². The number of methoxy groups -OCH3 is 1. The molecule has 1 heterocycles. The topological polar surface area (TPSA) is 54.1 Å². The van der Waals surface area contributed by atoms with Gasteiger partial charge in [0.2, 0.25) is 5.91 Å². The second-order valence-corrected chi connectivity index (χ2v) is 5.82. The average molecular weight is 337 g/mol. The smallest absolute Gasteiger partial charge is 0.216 e. The summed E-state index contributed by atoms with van der Waals surface area (Å²) in [6.07, 6.45) is 6.51. The number of ether oxygens (including phenoxy) is 1. The van der Waals surface area contributed by atoms with Crippen molar-refractivity contribution in [2.75, 3.05) is 26.0 Å². The molecule has 23 heavy (non-hydrogen) atoms. The molecule has 0 saturated carbocycles. The first-order valence-corrected chi connectivity index (χ1v) is 8.71. The van der Waals surface area contributed by atoms with Crippen molar-refractivity contribution in [1.29, 1.82) is 0 Å². The number of benzene rings is 1. The Kier molecular flexibility index (Phi) is 10.2. The summed E-state index contributed by atoms with van der Waals surface area (Å²) in [4.78, 5) is 13.9. The second kappa shape index (κ2) is 12.0. The van der Waals surface area contributed by atoms with Gasteiger partial charge in [-0.25, -0.2) is 0 Å². The van der Waals surface area contributed by atoms with Crippen molar-refractivity contribution in [1.82, 2.24) is 10.3 Å². The minimum Gasteiger partial charge on any atom is -0.385 e. The van der Waals surface area contributed by atoms with Crippen molar-refractivity contribution in [2.24, 2.45) is 0 Å². The van der Waals surface area contributed by atoms with Crippen LogP contribution >= 0.6 is 12.6 Å². The van der Waals surface area contributed by atoms with Crippen LogP contribution in [0.4, 0.5) is 0 Å². The fraction of sp³-hybridized carbons (Fsp3) is 0.500. The number of rotatable bonds is 8. The number of unbranched alkanes of at least 4 members (excludes halogenated alkanes) is 2. The summed E-state index contributed by atoms with van der Waals surface area (Å²) in [6.45, 7) is 3.13. The number of aromatic amines is 1. The van der Waals surface area contributed by atoms with Crippen LogP contribution in [0.2, 0.25) is 0 Å². The molecule has 2 rings (SSSR count). The fourth-order valence-electron chi connectivity index (χ4n) is 2.25. The highest BCUT2D eigenvalue weighted by Gasteiger charge is 2.02. The van der Waals surface area contributed by atoms with E-state index in [0.717, 1.165) is 24.3 Å². The Labute approximate surface area is 144 Å². The normalized spacial score (nSPS) is 10.2. The molecule has 0 radical (unpaired) electrons. The van der Waals surface area contributed by atoms with Crippen LogP contribution in [-0.4, -0.2) is 36.9 Å². The number of thiol groups is 1. The summed E-state index contributed by atoms with van der Waals surface area (Å²) in [5, 5.41) is 4.03. The summed E-state index contributed by atoms with van der Waals surface area (Å²) in [5.74, 6) is 1.03. The van der Waals surface area contributed by atoms with Gasteiger partial charge in [0.25, 0.3) is 0 Å². The number of hydrogen-bond acceptors (Lipinski definition) is 3. The van der Waals surface area contributed by atoms with Gasteiger partial charge in [-0.15, -0.1) is 0 Å². The molecule has 0 aliphatic rings. The zero-order valence-corrected chi connectivity index (χ0v) is 15.0. The van der Waals surface area contributed by atoms with Crippen molar-refractivity contribution in [3.63, 3.8) is 0 Å². The maximum Gasteiger partial charge on any atom is 0.216 e. The van der Waals surface area contributed by atoms with E-state index in [9.17, 15) is 4.79 Å². The molecule has 0 atom stereocenters. The first-order valence-electron chi connectivity index (χ1n) is 8.08. The largest absolute Gasteiger partial charge is 0.385 e. The summed E-state index contributed by atoms with van der Waals surface area (Å²) in [5.41, 5.74) is 2.40. The third-order valence-electron chi connectivity index (χ3n) is 3.45. The Balaban J connectivity index is 0.000000284. The molecule has 2 aromatic rings. The Morgan fingerprint density at radius 2 is 2.04 bits per heavy atom. The SMILES string of the molecule is CC(=O)NCCc1c[nH]c2ccccc12.COCCCCCS. The van der Waals surface area contributed by atoms with Crippen molar-refractivity contribution in [2.45, 2.75) is 32.6 Å². The molecular weight excluding hydrogens is 308 g/mol. The summed E-state index contributed by atoms with van der Waals surface area (Å²) in [7, 11) is 1.74. The molecule has 0 saturated heterocycles. The third kappa shape index (κ3) is 8.09. The fourth-order valence-corrected chi connectivity index (χ4v) is 2.47. The number of amides is 1. The quantitative estimate of drug-likeness (QED) is 0.510. The molecule has 0 fully saturated rings. The van der Waals surface area contributed by atoms with Gasteiger partial charge >= 0.3 is 0 Å². The number of fused-ring (bicyclic) bond motifs is 1. The van der Waals surface area contributed by atoms with E-state index in [2.05, 4.69) is 35.1 Å². The maximum absolute atomic E-state index is 10.7. The van der Waals surface area contributed by atoms with Crippen LogP contribution in [0.1, 0.15) is 31.7 Å². The van der Waals surface area contributed by atoms with Crippen molar-refractivity contribution in [3.05, 3.63) is 36.0 Å². The predicted molar refractivity (Wildman–Crippen MR) is 100 cm³/mol.